The number of pyridine rings is 1. The van der Waals surface area contributed by atoms with Crippen LogP contribution < -0.4 is 5.32 Å². The number of nitrogens with one attached hydrogen (secondary N) is 1. The molecule has 2 heterocycles. The summed E-state index contributed by atoms with van der Waals surface area (Å²) in [6.45, 7) is -0.110. The Kier molecular flexibility index (Phi) is 4.77. The summed E-state index contributed by atoms with van der Waals surface area (Å²) < 4.78 is 6.68. The highest BCUT2D eigenvalue weighted by atomic mass is 35.5. The molecule has 2 aromatic heterocycles. The van der Waals surface area contributed by atoms with Crippen LogP contribution in [-0.4, -0.2) is 27.9 Å². The van der Waals surface area contributed by atoms with Crippen LogP contribution in [0.1, 0.15) is 16.1 Å². The third-order valence-corrected chi connectivity index (χ3v) is 3.71. The molecule has 0 aliphatic rings. The van der Waals surface area contributed by atoms with E-state index < -0.39 is 11.9 Å². The summed E-state index contributed by atoms with van der Waals surface area (Å²) in [6, 6.07) is 12.6. The lowest BCUT2D eigenvalue weighted by Gasteiger charge is -2.07. The normalized spacial score (nSPS) is 10.5. The van der Waals surface area contributed by atoms with E-state index in [1.807, 2.05) is 30.3 Å². The van der Waals surface area contributed by atoms with Crippen molar-refractivity contribution in [3.8, 4) is 0 Å². The summed E-state index contributed by atoms with van der Waals surface area (Å²) in [6.07, 6.45) is 3.33. The molecule has 0 bridgehead atoms. The van der Waals surface area contributed by atoms with Gasteiger partial charge >= 0.3 is 5.97 Å². The highest BCUT2D eigenvalue weighted by Gasteiger charge is 2.14. The van der Waals surface area contributed by atoms with Gasteiger partial charge in [0.25, 0.3) is 5.91 Å². The molecule has 0 aliphatic carbocycles. The van der Waals surface area contributed by atoms with Gasteiger partial charge in [0.05, 0.1) is 0 Å². The molecule has 0 radical (unpaired) electrons. The minimum absolute atomic E-state index is 0.153. The number of esters is 1. The van der Waals surface area contributed by atoms with Gasteiger partial charge in [0.1, 0.15) is 5.65 Å². The predicted octanol–water partition coefficient (Wildman–Crippen LogP) is 2.46. The Labute approximate surface area is 143 Å². The third-order valence-electron chi connectivity index (χ3n) is 3.34. The molecule has 1 N–H and O–H groups in total. The van der Waals surface area contributed by atoms with Crippen LogP contribution in [0.25, 0.3) is 5.65 Å². The fourth-order valence-electron chi connectivity index (χ4n) is 2.12. The lowest BCUT2D eigenvalue weighted by Crippen LogP contribution is -2.28. The van der Waals surface area contributed by atoms with Crippen LogP contribution in [-0.2, 0) is 16.1 Å². The minimum Gasteiger partial charge on any atom is -0.451 e. The molecule has 1 aromatic carbocycles. The van der Waals surface area contributed by atoms with Gasteiger partial charge in [0.2, 0.25) is 0 Å². The molecule has 7 heteroatoms. The van der Waals surface area contributed by atoms with E-state index in [0.717, 1.165) is 5.56 Å². The molecular weight excluding hydrogens is 330 g/mol. The van der Waals surface area contributed by atoms with E-state index in [4.69, 9.17) is 16.3 Å². The van der Waals surface area contributed by atoms with E-state index >= 15 is 0 Å². The van der Waals surface area contributed by atoms with Crippen LogP contribution in [0.3, 0.4) is 0 Å². The molecule has 3 aromatic rings. The Morgan fingerprint density at radius 3 is 2.75 bits per heavy atom. The highest BCUT2D eigenvalue weighted by molar-refractivity contribution is 6.31. The van der Waals surface area contributed by atoms with Crippen LogP contribution in [0, 0.1) is 0 Å². The maximum atomic E-state index is 11.9. The molecule has 0 fully saturated rings. The SMILES string of the molecule is O=C(COC(=O)c1cn2ccccc2n1)NCc1ccccc1Cl. The number of amides is 1. The maximum absolute atomic E-state index is 11.9. The Balaban J connectivity index is 1.52. The minimum atomic E-state index is -0.647. The fourth-order valence-corrected chi connectivity index (χ4v) is 2.33. The number of carbonyl (C=O) groups excluding carboxylic acids is 2. The number of hydrogen-bond donors (Lipinski definition) is 1. The van der Waals surface area contributed by atoms with Gasteiger partial charge in [-0.25, -0.2) is 9.78 Å². The van der Waals surface area contributed by atoms with Crippen molar-refractivity contribution in [2.45, 2.75) is 6.54 Å². The summed E-state index contributed by atoms with van der Waals surface area (Å²) in [4.78, 5) is 27.9. The van der Waals surface area contributed by atoms with Gasteiger partial charge in [-0.05, 0) is 23.8 Å². The molecule has 122 valence electrons. The molecule has 24 heavy (non-hydrogen) atoms. The van der Waals surface area contributed by atoms with Gasteiger partial charge < -0.3 is 14.5 Å². The van der Waals surface area contributed by atoms with Gasteiger partial charge in [-0.1, -0.05) is 35.9 Å². The van der Waals surface area contributed by atoms with Crippen molar-refractivity contribution in [2.75, 3.05) is 6.61 Å². The van der Waals surface area contributed by atoms with Crippen molar-refractivity contribution in [2.24, 2.45) is 0 Å². The molecule has 0 saturated carbocycles. The zero-order valence-electron chi connectivity index (χ0n) is 12.6. The maximum Gasteiger partial charge on any atom is 0.359 e. The summed E-state index contributed by atoms with van der Waals surface area (Å²) >= 11 is 6.01. The summed E-state index contributed by atoms with van der Waals surface area (Å²) in [5, 5.41) is 3.22. The number of benzene rings is 1. The third kappa shape index (κ3) is 3.72. The molecule has 0 unspecified atom stereocenters. The van der Waals surface area contributed by atoms with E-state index in [-0.39, 0.29) is 18.8 Å². The first kappa shape index (κ1) is 16.0. The number of fused-ring (bicyclic) bond motifs is 1. The lowest BCUT2D eigenvalue weighted by atomic mass is 10.2. The zero-order chi connectivity index (χ0) is 16.9. The van der Waals surface area contributed by atoms with Crippen LogP contribution >= 0.6 is 11.6 Å². The van der Waals surface area contributed by atoms with E-state index in [0.29, 0.717) is 10.7 Å². The van der Waals surface area contributed by atoms with Gasteiger partial charge in [0.15, 0.2) is 12.3 Å². The molecule has 0 saturated heterocycles. The Morgan fingerprint density at radius 2 is 1.96 bits per heavy atom. The Bertz CT molecular complexity index is 858. The molecule has 6 nitrogen and oxygen atoms in total. The topological polar surface area (TPSA) is 72.7 Å². The first-order valence-corrected chi connectivity index (χ1v) is 7.62. The number of ether oxygens (including phenoxy) is 1. The highest BCUT2D eigenvalue weighted by Crippen LogP contribution is 2.14. The van der Waals surface area contributed by atoms with Crippen LogP contribution in [0.15, 0.2) is 54.9 Å². The molecule has 3 rings (SSSR count). The average Bonchev–Trinajstić information content (AvgIpc) is 3.03. The lowest BCUT2D eigenvalue weighted by molar-refractivity contribution is -0.124. The van der Waals surface area contributed by atoms with Gasteiger partial charge in [-0.3, -0.25) is 4.79 Å². The second-order valence-corrected chi connectivity index (χ2v) is 5.44. The van der Waals surface area contributed by atoms with Crippen LogP contribution in [0.5, 0.6) is 0 Å². The summed E-state index contributed by atoms with van der Waals surface area (Å²) in [7, 11) is 0. The smallest absolute Gasteiger partial charge is 0.359 e. The molecule has 1 amide bonds. The van der Waals surface area contributed by atoms with Crippen molar-refractivity contribution >= 4 is 29.1 Å². The monoisotopic (exact) mass is 343 g/mol. The second kappa shape index (κ2) is 7.14. The molecule has 0 aliphatic heterocycles. The predicted molar refractivity (Wildman–Crippen MR) is 88.8 cm³/mol. The van der Waals surface area contributed by atoms with Crippen molar-refractivity contribution < 1.29 is 14.3 Å². The zero-order valence-corrected chi connectivity index (χ0v) is 13.4. The van der Waals surface area contributed by atoms with Gasteiger partial charge in [0, 0.05) is 24.0 Å². The molecule has 0 atom stereocenters. The van der Waals surface area contributed by atoms with Crippen molar-refractivity contribution in [3.05, 3.63) is 71.1 Å². The summed E-state index contributed by atoms with van der Waals surface area (Å²) in [5.74, 6) is -1.06. The Morgan fingerprint density at radius 1 is 1.17 bits per heavy atom. The molecule has 0 spiro atoms. The number of aromatic nitrogens is 2. The standard InChI is InChI=1S/C17H14ClN3O3/c18-13-6-2-1-5-12(13)9-19-16(22)11-24-17(23)14-10-21-8-4-3-7-15(21)20-14/h1-8,10H,9,11H2,(H,19,22). The van der Waals surface area contributed by atoms with E-state index in [1.165, 1.54) is 0 Å². The van der Waals surface area contributed by atoms with E-state index in [2.05, 4.69) is 10.3 Å². The first-order chi connectivity index (χ1) is 11.6. The van der Waals surface area contributed by atoms with Gasteiger partial charge in [-0.15, -0.1) is 0 Å². The average molecular weight is 344 g/mol. The van der Waals surface area contributed by atoms with Gasteiger partial charge in [-0.2, -0.15) is 0 Å². The summed E-state index contributed by atoms with van der Waals surface area (Å²) in [5.41, 5.74) is 1.58. The first-order valence-electron chi connectivity index (χ1n) is 7.24. The van der Waals surface area contributed by atoms with Crippen molar-refractivity contribution in [1.29, 1.82) is 0 Å². The fraction of sp³-hybridized carbons (Fsp3) is 0.118. The van der Waals surface area contributed by atoms with E-state index in [9.17, 15) is 9.59 Å². The van der Waals surface area contributed by atoms with Crippen LogP contribution in [0.2, 0.25) is 5.02 Å². The largest absolute Gasteiger partial charge is 0.451 e. The second-order valence-electron chi connectivity index (χ2n) is 5.04. The molecular formula is C17H14ClN3O3. The number of carbonyl (C=O) groups is 2. The van der Waals surface area contributed by atoms with Crippen molar-refractivity contribution in [1.82, 2.24) is 14.7 Å². The quantitative estimate of drug-likeness (QED) is 0.722. The number of rotatable bonds is 5. The van der Waals surface area contributed by atoms with Crippen LogP contribution in [0.4, 0.5) is 0 Å². The van der Waals surface area contributed by atoms with Crippen molar-refractivity contribution in [3.63, 3.8) is 0 Å². The number of halogens is 1. The number of hydrogen-bond acceptors (Lipinski definition) is 4. The van der Waals surface area contributed by atoms with E-state index in [1.54, 1.807) is 28.9 Å². The number of imidazole rings is 1. The number of nitrogens with zero attached hydrogens (tertiary/aromatic N) is 2. The Hall–Kier alpha value is -2.86.